The molecule has 0 aliphatic carbocycles. The van der Waals surface area contributed by atoms with E-state index in [0.717, 1.165) is 10.8 Å². The molecule has 1 aromatic heterocycles. The second kappa shape index (κ2) is 11.0. The number of fused-ring (bicyclic) bond motifs is 1. The molecule has 1 amide bonds. The molecule has 3 rings (SSSR count). The van der Waals surface area contributed by atoms with Crippen molar-refractivity contribution in [3.05, 3.63) is 65.6 Å². The minimum Gasteiger partial charge on any atom is -0.469 e. The number of methoxy groups -OCH3 is 1. The van der Waals surface area contributed by atoms with Crippen molar-refractivity contribution >= 4 is 46.9 Å². The minimum absolute atomic E-state index is 0. The summed E-state index contributed by atoms with van der Waals surface area (Å²) in [5, 5.41) is 11.8. The molecule has 0 bridgehead atoms. The normalized spacial score (nSPS) is 10.2. The fourth-order valence-corrected chi connectivity index (χ4v) is 2.79. The summed E-state index contributed by atoms with van der Waals surface area (Å²) < 4.78 is 15.3. The van der Waals surface area contributed by atoms with Gasteiger partial charge in [0.2, 0.25) is 11.7 Å². The Bertz CT molecular complexity index is 1160. The first-order valence-electron chi connectivity index (χ1n) is 9.38. The number of nitrogens with two attached hydrogens (primary N) is 1. The number of rotatable bonds is 8. The molecule has 0 aliphatic heterocycles. The number of ether oxygens (including phenoxy) is 2. The summed E-state index contributed by atoms with van der Waals surface area (Å²) in [4.78, 5) is 35.1. The number of carbonyl (C=O) groups is 3. The van der Waals surface area contributed by atoms with Gasteiger partial charge in [0, 0.05) is 12.0 Å². The maximum absolute atomic E-state index is 12.4. The molecule has 1 heterocycles. The first-order valence-corrected chi connectivity index (χ1v) is 9.38. The van der Waals surface area contributed by atoms with Gasteiger partial charge >= 0.3 is 11.9 Å². The maximum Gasteiger partial charge on any atom is 0.379 e. The fraction of sp³-hybridized carbons (Fsp3) is 0.182. The Morgan fingerprint density at radius 1 is 1.03 bits per heavy atom. The molecule has 2 aromatic carbocycles. The van der Waals surface area contributed by atoms with E-state index in [0.29, 0.717) is 17.1 Å². The van der Waals surface area contributed by atoms with Gasteiger partial charge in [-0.2, -0.15) is 0 Å². The molecule has 32 heavy (non-hydrogen) atoms. The van der Waals surface area contributed by atoms with Crippen LogP contribution in [0.3, 0.4) is 0 Å². The van der Waals surface area contributed by atoms with Crippen molar-refractivity contribution in [1.29, 1.82) is 5.41 Å². The largest absolute Gasteiger partial charge is 0.469 e. The Hall–Kier alpha value is -3.85. The lowest BCUT2D eigenvalue weighted by Crippen LogP contribution is -2.23. The van der Waals surface area contributed by atoms with Gasteiger partial charge in [0.1, 0.15) is 17.3 Å². The van der Waals surface area contributed by atoms with Gasteiger partial charge in [-0.1, -0.05) is 18.2 Å². The SMILES string of the molecule is COC(=O)CCC(=O)NCc1ccc(C(=O)Oc2ccc3cc(C(=N)N)ccc3c2)o1.Cl. The zero-order chi connectivity index (χ0) is 22.4. The van der Waals surface area contributed by atoms with Crippen molar-refractivity contribution in [2.75, 3.05) is 7.11 Å². The molecule has 0 aliphatic rings. The van der Waals surface area contributed by atoms with Crippen LogP contribution in [0.15, 0.2) is 52.9 Å². The van der Waals surface area contributed by atoms with Gasteiger partial charge in [-0.05, 0) is 41.1 Å². The number of esters is 2. The van der Waals surface area contributed by atoms with Crippen LogP contribution >= 0.6 is 12.4 Å². The standard InChI is InChI=1S/C22H21N3O6.ClH/c1-29-20(27)9-8-19(26)25-12-17-6-7-18(30-17)22(28)31-16-5-4-13-10-15(21(23)24)3-2-14(13)11-16;/h2-7,10-11H,8-9,12H2,1H3,(H3,23,24)(H,25,26);1H. The Kier molecular flexibility index (Phi) is 8.37. The third kappa shape index (κ3) is 6.32. The molecule has 0 radical (unpaired) electrons. The third-order valence-corrected chi connectivity index (χ3v) is 4.44. The molecule has 0 saturated carbocycles. The average Bonchev–Trinajstić information content (AvgIpc) is 3.24. The second-order valence-corrected chi connectivity index (χ2v) is 6.65. The van der Waals surface area contributed by atoms with E-state index in [4.69, 9.17) is 20.3 Å². The summed E-state index contributed by atoms with van der Waals surface area (Å²) in [5.74, 6) is -0.809. The van der Waals surface area contributed by atoms with Crippen LogP contribution in [0.1, 0.15) is 34.7 Å². The highest BCUT2D eigenvalue weighted by Gasteiger charge is 2.15. The number of benzene rings is 2. The third-order valence-electron chi connectivity index (χ3n) is 4.44. The highest BCUT2D eigenvalue weighted by molar-refractivity contribution is 5.99. The van der Waals surface area contributed by atoms with E-state index in [2.05, 4.69) is 10.1 Å². The monoisotopic (exact) mass is 459 g/mol. The molecule has 0 fully saturated rings. The molecule has 0 saturated heterocycles. The van der Waals surface area contributed by atoms with Gasteiger partial charge in [0.05, 0.1) is 20.1 Å². The fourth-order valence-electron chi connectivity index (χ4n) is 2.79. The van der Waals surface area contributed by atoms with Crippen molar-refractivity contribution in [2.45, 2.75) is 19.4 Å². The van der Waals surface area contributed by atoms with Crippen molar-refractivity contribution in [1.82, 2.24) is 5.32 Å². The number of furan rings is 1. The van der Waals surface area contributed by atoms with E-state index in [9.17, 15) is 14.4 Å². The molecule has 0 unspecified atom stereocenters. The van der Waals surface area contributed by atoms with Crippen LogP contribution in [0, 0.1) is 5.41 Å². The first kappa shape index (κ1) is 24.4. The van der Waals surface area contributed by atoms with Gasteiger partial charge < -0.3 is 24.9 Å². The lowest BCUT2D eigenvalue weighted by Gasteiger charge is -2.06. The Morgan fingerprint density at radius 3 is 2.47 bits per heavy atom. The molecule has 168 valence electrons. The number of hydrogen-bond donors (Lipinski definition) is 3. The number of hydrogen-bond acceptors (Lipinski definition) is 7. The first-order chi connectivity index (χ1) is 14.9. The van der Waals surface area contributed by atoms with Crippen LogP contribution in [0.5, 0.6) is 5.75 Å². The van der Waals surface area contributed by atoms with Gasteiger partial charge in [-0.25, -0.2) is 4.79 Å². The Morgan fingerprint density at radius 2 is 1.75 bits per heavy atom. The van der Waals surface area contributed by atoms with Gasteiger partial charge in [-0.15, -0.1) is 12.4 Å². The van der Waals surface area contributed by atoms with Gasteiger partial charge in [-0.3, -0.25) is 15.0 Å². The summed E-state index contributed by atoms with van der Waals surface area (Å²) in [6.45, 7) is 0.0712. The number of halogens is 1. The molecule has 0 spiro atoms. The summed E-state index contributed by atoms with van der Waals surface area (Å²) in [5.41, 5.74) is 6.11. The zero-order valence-electron chi connectivity index (χ0n) is 17.2. The molecule has 3 aromatic rings. The summed E-state index contributed by atoms with van der Waals surface area (Å²) >= 11 is 0. The van der Waals surface area contributed by atoms with E-state index in [1.54, 1.807) is 42.5 Å². The topological polar surface area (TPSA) is 145 Å². The summed E-state index contributed by atoms with van der Waals surface area (Å²) in [6, 6.07) is 13.4. The summed E-state index contributed by atoms with van der Waals surface area (Å²) in [6.07, 6.45) is -0.0158. The molecule has 0 atom stereocenters. The van der Waals surface area contributed by atoms with Crippen LogP contribution in [0.2, 0.25) is 0 Å². The lowest BCUT2D eigenvalue weighted by atomic mass is 10.1. The number of nitrogen functional groups attached to an aromatic ring is 1. The Labute approximate surface area is 189 Å². The number of nitrogens with one attached hydrogen (secondary N) is 2. The highest BCUT2D eigenvalue weighted by atomic mass is 35.5. The average molecular weight is 460 g/mol. The molecular weight excluding hydrogens is 438 g/mol. The molecule has 9 nitrogen and oxygen atoms in total. The van der Waals surface area contributed by atoms with Crippen LogP contribution in [-0.2, 0) is 20.9 Å². The number of amidine groups is 1. The van der Waals surface area contributed by atoms with Crippen LogP contribution < -0.4 is 15.8 Å². The van der Waals surface area contributed by atoms with Crippen molar-refractivity contribution in [2.24, 2.45) is 5.73 Å². The van der Waals surface area contributed by atoms with Crippen LogP contribution in [0.4, 0.5) is 0 Å². The van der Waals surface area contributed by atoms with Crippen LogP contribution in [-0.4, -0.2) is 30.8 Å². The second-order valence-electron chi connectivity index (χ2n) is 6.65. The van der Waals surface area contributed by atoms with E-state index >= 15 is 0 Å². The summed E-state index contributed by atoms with van der Waals surface area (Å²) in [7, 11) is 1.26. The predicted molar refractivity (Wildman–Crippen MR) is 119 cm³/mol. The highest BCUT2D eigenvalue weighted by Crippen LogP contribution is 2.23. The number of amides is 1. The smallest absolute Gasteiger partial charge is 0.379 e. The van der Waals surface area contributed by atoms with Crippen LogP contribution in [0.25, 0.3) is 10.8 Å². The molecular formula is C22H22ClN3O6. The maximum atomic E-state index is 12.4. The van der Waals surface area contributed by atoms with Crippen molar-refractivity contribution in [3.8, 4) is 5.75 Å². The molecule has 4 N–H and O–H groups in total. The lowest BCUT2D eigenvalue weighted by molar-refractivity contribution is -0.142. The number of carbonyl (C=O) groups excluding carboxylic acids is 3. The van der Waals surface area contributed by atoms with Crippen molar-refractivity contribution in [3.63, 3.8) is 0 Å². The molecule has 10 heteroatoms. The van der Waals surface area contributed by atoms with Gasteiger partial charge in [0.15, 0.2) is 0 Å². The van der Waals surface area contributed by atoms with E-state index in [1.807, 2.05) is 0 Å². The zero-order valence-corrected chi connectivity index (χ0v) is 18.0. The van der Waals surface area contributed by atoms with Crippen molar-refractivity contribution < 1.29 is 28.3 Å². The quantitative estimate of drug-likeness (QED) is 0.203. The Balaban J connectivity index is 0.00000363. The van der Waals surface area contributed by atoms with E-state index < -0.39 is 11.9 Å². The predicted octanol–water partition coefficient (Wildman–Crippen LogP) is 2.93. The minimum atomic E-state index is -0.678. The van der Waals surface area contributed by atoms with E-state index in [1.165, 1.54) is 13.2 Å². The van der Waals surface area contributed by atoms with Gasteiger partial charge in [0.25, 0.3) is 0 Å². The van der Waals surface area contributed by atoms with E-state index in [-0.39, 0.29) is 49.3 Å².